The van der Waals surface area contributed by atoms with Gasteiger partial charge in [0.2, 0.25) is 0 Å². The second-order valence-corrected chi connectivity index (χ2v) is 4.04. The van der Waals surface area contributed by atoms with Crippen LogP contribution in [0.5, 0.6) is 0 Å². The maximum Gasteiger partial charge on any atom is 0.257 e. The van der Waals surface area contributed by atoms with Crippen molar-refractivity contribution < 1.29 is 4.79 Å². The molecule has 0 saturated carbocycles. The lowest BCUT2D eigenvalue weighted by Crippen LogP contribution is -2.29. The molecule has 0 bridgehead atoms. The lowest BCUT2D eigenvalue weighted by atomic mass is 10.1. The molecule has 82 valence electrons. The molecule has 0 aromatic carbocycles. The van der Waals surface area contributed by atoms with Crippen molar-refractivity contribution in [3.8, 4) is 0 Å². The Morgan fingerprint density at radius 1 is 1.73 bits per heavy atom. The Morgan fingerprint density at radius 3 is 3.07 bits per heavy atom. The highest BCUT2D eigenvalue weighted by atomic mass is 16.2. The zero-order valence-corrected chi connectivity index (χ0v) is 8.89. The summed E-state index contributed by atoms with van der Waals surface area (Å²) in [5, 5.41) is 3.99. The fraction of sp³-hybridized carbons (Fsp3) is 0.600. The molecule has 15 heavy (non-hydrogen) atoms. The normalized spacial score (nSPS) is 20.9. The van der Waals surface area contributed by atoms with Crippen LogP contribution in [0, 0.1) is 5.92 Å². The summed E-state index contributed by atoms with van der Waals surface area (Å²) in [5.74, 6) is 0.532. The first-order chi connectivity index (χ1) is 7.20. The molecule has 1 aliphatic rings. The van der Waals surface area contributed by atoms with Crippen LogP contribution in [0.25, 0.3) is 0 Å². The average molecular weight is 208 g/mol. The van der Waals surface area contributed by atoms with Gasteiger partial charge in [0.25, 0.3) is 5.91 Å². The number of aromatic nitrogens is 2. The first-order valence-corrected chi connectivity index (χ1v) is 5.18. The molecule has 5 heteroatoms. The van der Waals surface area contributed by atoms with Crippen molar-refractivity contribution >= 4 is 5.91 Å². The van der Waals surface area contributed by atoms with Gasteiger partial charge >= 0.3 is 0 Å². The van der Waals surface area contributed by atoms with Crippen LogP contribution in [0.3, 0.4) is 0 Å². The van der Waals surface area contributed by atoms with Gasteiger partial charge in [-0.1, -0.05) is 0 Å². The van der Waals surface area contributed by atoms with Crippen LogP contribution in [0.1, 0.15) is 16.8 Å². The quantitative estimate of drug-likeness (QED) is 0.734. The van der Waals surface area contributed by atoms with Gasteiger partial charge in [-0.25, -0.2) is 0 Å². The molecule has 2 rings (SSSR count). The number of carbonyl (C=O) groups is 1. The van der Waals surface area contributed by atoms with Gasteiger partial charge in [-0.2, -0.15) is 5.10 Å². The minimum Gasteiger partial charge on any atom is -0.338 e. The summed E-state index contributed by atoms with van der Waals surface area (Å²) < 4.78 is 1.64. The molecule has 1 aliphatic heterocycles. The Hall–Kier alpha value is -1.36. The molecule has 0 spiro atoms. The number of amides is 1. The van der Waals surface area contributed by atoms with Crippen molar-refractivity contribution in [2.45, 2.75) is 6.42 Å². The van der Waals surface area contributed by atoms with Crippen LogP contribution >= 0.6 is 0 Å². The van der Waals surface area contributed by atoms with Crippen molar-refractivity contribution in [1.82, 2.24) is 14.7 Å². The van der Waals surface area contributed by atoms with Gasteiger partial charge in [0.15, 0.2) is 0 Å². The summed E-state index contributed by atoms with van der Waals surface area (Å²) in [5.41, 5.74) is 6.25. The van der Waals surface area contributed by atoms with E-state index in [1.54, 1.807) is 17.1 Å². The zero-order chi connectivity index (χ0) is 10.8. The third-order valence-corrected chi connectivity index (χ3v) is 2.86. The summed E-state index contributed by atoms with van der Waals surface area (Å²) in [6, 6.07) is 0. The number of rotatable bonds is 2. The molecular weight excluding hydrogens is 192 g/mol. The number of nitrogens with two attached hydrogens (primary N) is 1. The molecule has 1 aromatic rings. The SMILES string of the molecule is Cn1cc(C(=O)N2CCC(CN)C2)cn1. The van der Waals surface area contributed by atoms with Gasteiger partial charge < -0.3 is 10.6 Å². The van der Waals surface area contributed by atoms with E-state index in [4.69, 9.17) is 5.73 Å². The summed E-state index contributed by atoms with van der Waals surface area (Å²) in [6.45, 7) is 2.26. The van der Waals surface area contributed by atoms with Crippen LogP contribution in [0.15, 0.2) is 12.4 Å². The van der Waals surface area contributed by atoms with E-state index in [-0.39, 0.29) is 5.91 Å². The van der Waals surface area contributed by atoms with Crippen molar-refractivity contribution in [2.75, 3.05) is 19.6 Å². The first-order valence-electron chi connectivity index (χ1n) is 5.18. The first kappa shape index (κ1) is 10.2. The second kappa shape index (κ2) is 4.02. The summed E-state index contributed by atoms with van der Waals surface area (Å²) in [6.07, 6.45) is 4.37. The third kappa shape index (κ3) is 2.02. The molecule has 1 atom stereocenters. The molecule has 2 N–H and O–H groups in total. The fourth-order valence-corrected chi connectivity index (χ4v) is 1.92. The number of likely N-dealkylation sites (tertiary alicyclic amines) is 1. The zero-order valence-electron chi connectivity index (χ0n) is 8.89. The van der Waals surface area contributed by atoms with Crippen molar-refractivity contribution in [3.63, 3.8) is 0 Å². The number of carbonyl (C=O) groups excluding carboxylic acids is 1. The number of hydrogen-bond acceptors (Lipinski definition) is 3. The van der Waals surface area contributed by atoms with E-state index >= 15 is 0 Å². The van der Waals surface area contributed by atoms with Crippen LogP contribution in [0.2, 0.25) is 0 Å². The molecular formula is C10H16N4O. The van der Waals surface area contributed by atoms with E-state index in [1.165, 1.54) is 0 Å². The lowest BCUT2D eigenvalue weighted by Gasteiger charge is -2.14. The minimum atomic E-state index is 0.0686. The van der Waals surface area contributed by atoms with Crippen molar-refractivity contribution in [1.29, 1.82) is 0 Å². The van der Waals surface area contributed by atoms with E-state index in [9.17, 15) is 4.79 Å². The van der Waals surface area contributed by atoms with Crippen LogP contribution in [0.4, 0.5) is 0 Å². The van der Waals surface area contributed by atoms with Crippen LogP contribution in [-0.4, -0.2) is 40.2 Å². The van der Waals surface area contributed by atoms with E-state index in [0.29, 0.717) is 18.0 Å². The molecule has 1 saturated heterocycles. The van der Waals surface area contributed by atoms with Gasteiger partial charge in [0, 0.05) is 26.3 Å². The van der Waals surface area contributed by atoms with E-state index in [0.717, 1.165) is 19.5 Å². The third-order valence-electron chi connectivity index (χ3n) is 2.86. The Balaban J connectivity index is 2.03. The molecule has 0 radical (unpaired) electrons. The van der Waals surface area contributed by atoms with Crippen molar-refractivity contribution in [2.24, 2.45) is 18.7 Å². The number of hydrogen-bond donors (Lipinski definition) is 1. The summed E-state index contributed by atoms with van der Waals surface area (Å²) in [4.78, 5) is 13.8. The Morgan fingerprint density at radius 2 is 2.53 bits per heavy atom. The van der Waals surface area contributed by atoms with Crippen LogP contribution in [-0.2, 0) is 7.05 Å². The topological polar surface area (TPSA) is 64.2 Å². The molecule has 1 amide bonds. The highest BCUT2D eigenvalue weighted by Crippen LogP contribution is 2.17. The van der Waals surface area contributed by atoms with Gasteiger partial charge in [-0.15, -0.1) is 0 Å². The summed E-state index contributed by atoms with van der Waals surface area (Å²) >= 11 is 0. The lowest BCUT2D eigenvalue weighted by molar-refractivity contribution is 0.0787. The fourth-order valence-electron chi connectivity index (χ4n) is 1.92. The number of aryl methyl sites for hydroxylation is 1. The van der Waals surface area contributed by atoms with Crippen LogP contribution < -0.4 is 5.73 Å². The predicted octanol–water partition coefficient (Wildman–Crippen LogP) is -0.159. The molecule has 1 fully saturated rings. The largest absolute Gasteiger partial charge is 0.338 e. The Bertz CT molecular complexity index is 360. The highest BCUT2D eigenvalue weighted by Gasteiger charge is 2.26. The maximum atomic E-state index is 12.0. The van der Waals surface area contributed by atoms with E-state index in [2.05, 4.69) is 5.10 Å². The van der Waals surface area contributed by atoms with Gasteiger partial charge in [0.05, 0.1) is 11.8 Å². The van der Waals surface area contributed by atoms with Gasteiger partial charge in [-0.05, 0) is 18.9 Å². The van der Waals surface area contributed by atoms with E-state index < -0.39 is 0 Å². The maximum absolute atomic E-state index is 12.0. The Labute approximate surface area is 88.8 Å². The highest BCUT2D eigenvalue weighted by molar-refractivity contribution is 5.93. The molecule has 1 aromatic heterocycles. The summed E-state index contributed by atoms with van der Waals surface area (Å²) in [7, 11) is 1.81. The number of nitrogens with zero attached hydrogens (tertiary/aromatic N) is 3. The Kier molecular flexibility index (Phi) is 2.73. The average Bonchev–Trinajstić information content (AvgIpc) is 2.84. The van der Waals surface area contributed by atoms with Gasteiger partial charge in [-0.3, -0.25) is 9.48 Å². The molecule has 1 unspecified atom stereocenters. The van der Waals surface area contributed by atoms with E-state index in [1.807, 2.05) is 11.9 Å². The molecule has 2 heterocycles. The monoisotopic (exact) mass is 208 g/mol. The standard InChI is InChI=1S/C10H16N4O/c1-13-7-9(5-12-13)10(15)14-3-2-8(4-11)6-14/h5,7-8H,2-4,6,11H2,1H3. The minimum absolute atomic E-state index is 0.0686. The molecule has 5 nitrogen and oxygen atoms in total. The molecule has 0 aliphatic carbocycles. The smallest absolute Gasteiger partial charge is 0.257 e. The van der Waals surface area contributed by atoms with Crippen molar-refractivity contribution in [3.05, 3.63) is 18.0 Å². The second-order valence-electron chi connectivity index (χ2n) is 4.04. The predicted molar refractivity (Wildman–Crippen MR) is 56.3 cm³/mol. The van der Waals surface area contributed by atoms with Gasteiger partial charge in [0.1, 0.15) is 0 Å².